The van der Waals surface area contributed by atoms with E-state index in [-0.39, 0.29) is 11.3 Å². The van der Waals surface area contributed by atoms with Gasteiger partial charge in [-0.15, -0.1) is 0 Å². The molecule has 0 radical (unpaired) electrons. The summed E-state index contributed by atoms with van der Waals surface area (Å²) >= 11 is 0. The van der Waals surface area contributed by atoms with E-state index in [1.54, 1.807) is 50.2 Å². The Hall–Kier alpha value is -2.18. The standard InChI is InChI=1S/C18H21NO4S/c1-12-9-13(2)17(14(3)10-12)24(22,23)19-16(18(20)21)11-15-7-5-4-6-8-15/h4-10,16,19H,11H2,1-3H3,(H,20,21)/t16-/m0/s1. The van der Waals surface area contributed by atoms with Crippen LogP contribution in [0.15, 0.2) is 47.4 Å². The fraction of sp³-hybridized carbons (Fsp3) is 0.278. The summed E-state index contributed by atoms with van der Waals surface area (Å²) in [6.07, 6.45) is 0.0827. The molecule has 6 heteroatoms. The van der Waals surface area contributed by atoms with Gasteiger partial charge in [0.2, 0.25) is 10.0 Å². The minimum absolute atomic E-state index is 0.0827. The molecule has 2 rings (SSSR count). The number of carboxylic acid groups (broad SMARTS) is 1. The molecule has 0 heterocycles. The van der Waals surface area contributed by atoms with Gasteiger partial charge >= 0.3 is 5.97 Å². The van der Waals surface area contributed by atoms with Crippen molar-refractivity contribution in [2.75, 3.05) is 0 Å². The molecule has 24 heavy (non-hydrogen) atoms. The maximum absolute atomic E-state index is 12.7. The number of nitrogens with one attached hydrogen (secondary N) is 1. The SMILES string of the molecule is Cc1cc(C)c(S(=O)(=O)N[C@@H](Cc2ccccc2)C(=O)O)c(C)c1. The van der Waals surface area contributed by atoms with Crippen molar-refractivity contribution in [3.63, 3.8) is 0 Å². The highest BCUT2D eigenvalue weighted by atomic mass is 32.2. The fourth-order valence-corrected chi connectivity index (χ4v) is 4.51. The van der Waals surface area contributed by atoms with Gasteiger partial charge in [0.1, 0.15) is 6.04 Å². The van der Waals surface area contributed by atoms with Crippen LogP contribution in [-0.2, 0) is 21.2 Å². The number of hydrogen-bond acceptors (Lipinski definition) is 3. The van der Waals surface area contributed by atoms with Crippen LogP contribution >= 0.6 is 0 Å². The molecule has 0 bridgehead atoms. The summed E-state index contributed by atoms with van der Waals surface area (Å²) in [4.78, 5) is 11.7. The van der Waals surface area contributed by atoms with Gasteiger partial charge in [0, 0.05) is 0 Å². The van der Waals surface area contributed by atoms with Crippen molar-refractivity contribution in [1.82, 2.24) is 4.72 Å². The van der Waals surface area contributed by atoms with Gasteiger partial charge in [-0.25, -0.2) is 8.42 Å². The summed E-state index contributed by atoms with van der Waals surface area (Å²) < 4.78 is 27.8. The minimum Gasteiger partial charge on any atom is -0.480 e. The molecule has 5 nitrogen and oxygen atoms in total. The van der Waals surface area contributed by atoms with E-state index in [9.17, 15) is 18.3 Å². The summed E-state index contributed by atoms with van der Waals surface area (Å²) in [5, 5.41) is 9.40. The smallest absolute Gasteiger partial charge is 0.322 e. The molecule has 128 valence electrons. The lowest BCUT2D eigenvalue weighted by molar-refractivity contribution is -0.138. The summed E-state index contributed by atoms with van der Waals surface area (Å²) in [6, 6.07) is 11.3. The normalized spacial score (nSPS) is 12.8. The van der Waals surface area contributed by atoms with Crippen LogP contribution in [0.3, 0.4) is 0 Å². The van der Waals surface area contributed by atoms with Crippen LogP contribution in [0.2, 0.25) is 0 Å². The average Bonchev–Trinajstić information content (AvgIpc) is 2.45. The van der Waals surface area contributed by atoms with Gasteiger partial charge in [-0.05, 0) is 43.9 Å². The van der Waals surface area contributed by atoms with E-state index in [1.165, 1.54) is 0 Å². The molecule has 1 atom stereocenters. The van der Waals surface area contributed by atoms with Crippen LogP contribution in [0.25, 0.3) is 0 Å². The lowest BCUT2D eigenvalue weighted by atomic mass is 10.1. The van der Waals surface area contributed by atoms with Crippen LogP contribution in [0.5, 0.6) is 0 Å². The number of carbonyl (C=O) groups is 1. The largest absolute Gasteiger partial charge is 0.480 e. The summed E-state index contributed by atoms with van der Waals surface area (Å²) in [5.74, 6) is -1.20. The molecule has 2 N–H and O–H groups in total. The molecule has 0 aliphatic heterocycles. The lowest BCUT2D eigenvalue weighted by Gasteiger charge is -2.18. The number of aryl methyl sites for hydroxylation is 3. The molecule has 0 saturated heterocycles. The van der Waals surface area contributed by atoms with Crippen molar-refractivity contribution in [1.29, 1.82) is 0 Å². The first-order chi connectivity index (χ1) is 11.2. The molecule has 0 aliphatic rings. The highest BCUT2D eigenvalue weighted by Crippen LogP contribution is 2.22. The average molecular weight is 347 g/mol. The predicted octanol–water partition coefficient (Wildman–Crippen LogP) is 2.59. The Morgan fingerprint density at radius 3 is 2.12 bits per heavy atom. The first-order valence-corrected chi connectivity index (χ1v) is 9.06. The maximum Gasteiger partial charge on any atom is 0.322 e. The Balaban J connectivity index is 2.33. The van der Waals surface area contributed by atoms with E-state index in [1.807, 2.05) is 13.0 Å². The predicted molar refractivity (Wildman–Crippen MR) is 92.5 cm³/mol. The highest BCUT2D eigenvalue weighted by Gasteiger charge is 2.28. The topological polar surface area (TPSA) is 83.5 Å². The van der Waals surface area contributed by atoms with Crippen molar-refractivity contribution in [2.45, 2.75) is 38.1 Å². The fourth-order valence-electron chi connectivity index (χ4n) is 2.87. The minimum atomic E-state index is -3.93. The maximum atomic E-state index is 12.7. The van der Waals surface area contributed by atoms with Crippen LogP contribution in [0.4, 0.5) is 0 Å². The zero-order valence-corrected chi connectivity index (χ0v) is 14.7. The summed E-state index contributed by atoms with van der Waals surface area (Å²) in [7, 11) is -3.93. The van der Waals surface area contributed by atoms with Gasteiger partial charge in [-0.3, -0.25) is 4.79 Å². The van der Waals surface area contributed by atoms with Crippen LogP contribution < -0.4 is 4.72 Å². The monoisotopic (exact) mass is 347 g/mol. The number of rotatable bonds is 6. The van der Waals surface area contributed by atoms with Gasteiger partial charge < -0.3 is 5.11 Å². The Morgan fingerprint density at radius 1 is 1.08 bits per heavy atom. The second-order valence-corrected chi connectivity index (χ2v) is 7.58. The highest BCUT2D eigenvalue weighted by molar-refractivity contribution is 7.89. The van der Waals surface area contributed by atoms with Gasteiger partial charge in [0.05, 0.1) is 4.90 Å². The number of sulfonamides is 1. The molecule has 0 saturated carbocycles. The molecule has 0 fully saturated rings. The van der Waals surface area contributed by atoms with Crippen molar-refractivity contribution in [3.05, 3.63) is 64.7 Å². The Kier molecular flexibility index (Phi) is 5.41. The van der Waals surface area contributed by atoms with E-state index in [0.29, 0.717) is 11.1 Å². The van der Waals surface area contributed by atoms with Gasteiger partial charge in [-0.2, -0.15) is 4.72 Å². The molecule has 0 unspecified atom stereocenters. The third-order valence-corrected chi connectivity index (χ3v) is 5.53. The van der Waals surface area contributed by atoms with E-state index in [4.69, 9.17) is 0 Å². The second-order valence-electron chi connectivity index (χ2n) is 5.93. The third-order valence-electron chi connectivity index (χ3n) is 3.75. The van der Waals surface area contributed by atoms with E-state index >= 15 is 0 Å². The zero-order valence-electron chi connectivity index (χ0n) is 13.9. The summed E-state index contributed by atoms with van der Waals surface area (Å²) in [6.45, 7) is 5.31. The van der Waals surface area contributed by atoms with Gasteiger partial charge in [-0.1, -0.05) is 48.0 Å². The Morgan fingerprint density at radius 2 is 1.62 bits per heavy atom. The van der Waals surface area contributed by atoms with E-state index in [2.05, 4.69) is 4.72 Å². The molecule has 0 aliphatic carbocycles. The van der Waals surface area contributed by atoms with Gasteiger partial charge in [0.15, 0.2) is 0 Å². The molecule has 2 aromatic carbocycles. The number of carboxylic acids is 1. The molecular weight excluding hydrogens is 326 g/mol. The van der Waals surface area contributed by atoms with Crippen molar-refractivity contribution in [2.24, 2.45) is 0 Å². The third kappa shape index (κ3) is 4.21. The lowest BCUT2D eigenvalue weighted by Crippen LogP contribution is -2.42. The summed E-state index contributed by atoms with van der Waals surface area (Å²) in [5.41, 5.74) is 2.92. The van der Waals surface area contributed by atoms with Crippen molar-refractivity contribution < 1.29 is 18.3 Å². The quantitative estimate of drug-likeness (QED) is 0.841. The molecule has 0 spiro atoms. The van der Waals surface area contributed by atoms with Crippen LogP contribution in [0.1, 0.15) is 22.3 Å². The Bertz CT molecular complexity index is 822. The second kappa shape index (κ2) is 7.15. The molecule has 2 aromatic rings. The first kappa shape index (κ1) is 18.2. The molecule has 0 amide bonds. The van der Waals surface area contributed by atoms with Crippen molar-refractivity contribution >= 4 is 16.0 Å². The van der Waals surface area contributed by atoms with Crippen LogP contribution in [-0.4, -0.2) is 25.5 Å². The number of benzene rings is 2. The van der Waals surface area contributed by atoms with Crippen molar-refractivity contribution in [3.8, 4) is 0 Å². The Labute approximate surface area is 142 Å². The zero-order chi connectivity index (χ0) is 17.9. The first-order valence-electron chi connectivity index (χ1n) is 7.57. The van der Waals surface area contributed by atoms with E-state index in [0.717, 1.165) is 11.1 Å². The molecule has 0 aromatic heterocycles. The van der Waals surface area contributed by atoms with Gasteiger partial charge in [0.25, 0.3) is 0 Å². The molecular formula is C18H21NO4S. The number of aliphatic carboxylic acids is 1. The number of hydrogen-bond donors (Lipinski definition) is 2. The van der Waals surface area contributed by atoms with Crippen LogP contribution in [0, 0.1) is 20.8 Å². The van der Waals surface area contributed by atoms with E-state index < -0.39 is 22.0 Å².